The van der Waals surface area contributed by atoms with E-state index in [4.69, 9.17) is 4.52 Å². The number of pyridine rings is 1. The number of nitrogens with one attached hydrogen (secondary N) is 2. The van der Waals surface area contributed by atoms with E-state index >= 15 is 0 Å². The number of anilines is 1. The van der Waals surface area contributed by atoms with Crippen LogP contribution in [0, 0.1) is 17.8 Å². The highest BCUT2D eigenvalue weighted by Gasteiger charge is 2.55. The molecule has 9 nitrogen and oxygen atoms in total. The number of aliphatic hydroxyl groups is 1. The number of carbonyl (C=O) groups is 1. The highest BCUT2D eigenvalue weighted by Crippen LogP contribution is 2.56. The summed E-state index contributed by atoms with van der Waals surface area (Å²) < 4.78 is 32.5. The van der Waals surface area contributed by atoms with Crippen LogP contribution in [0.4, 0.5) is 14.5 Å². The van der Waals surface area contributed by atoms with Crippen LogP contribution in [0.5, 0.6) is 0 Å². The first-order valence-corrected chi connectivity index (χ1v) is 12.7. The monoisotopic (exact) mass is 498 g/mol. The van der Waals surface area contributed by atoms with Gasteiger partial charge in [0.25, 0.3) is 23.5 Å². The van der Waals surface area contributed by atoms with E-state index in [0.29, 0.717) is 29.0 Å². The maximum atomic E-state index is 13.5. The number of fused-ring (bicyclic) bond motifs is 1. The molecule has 11 heteroatoms. The number of nitrogens with zero attached hydrogens (tertiary/aromatic N) is 4. The molecule has 8 rings (SSSR count). The zero-order valence-corrected chi connectivity index (χ0v) is 19.7. The molecule has 1 amide bonds. The van der Waals surface area contributed by atoms with E-state index in [1.54, 1.807) is 6.20 Å². The molecule has 0 aromatic carbocycles. The van der Waals surface area contributed by atoms with E-state index in [2.05, 4.69) is 25.4 Å². The lowest BCUT2D eigenvalue weighted by Gasteiger charge is -2.58. The van der Waals surface area contributed by atoms with Gasteiger partial charge in [0.2, 0.25) is 0 Å². The SMILES string of the molecule is O=C(c1noc(-c2cnc3[nH]ccc3c2NC2[C@@H]3CC4C[C@H]2CC(O)(C4)C3)n1)N1CCC(F)(F)CC1. The van der Waals surface area contributed by atoms with Crippen molar-refractivity contribution in [3.8, 4) is 11.5 Å². The average Bonchev–Trinajstić information content (AvgIpc) is 3.50. The predicted molar refractivity (Wildman–Crippen MR) is 125 cm³/mol. The van der Waals surface area contributed by atoms with Crippen LogP contribution in [-0.2, 0) is 0 Å². The topological polar surface area (TPSA) is 120 Å². The van der Waals surface area contributed by atoms with Gasteiger partial charge in [-0.25, -0.2) is 13.8 Å². The number of halogens is 2. The van der Waals surface area contributed by atoms with Crippen LogP contribution in [0.3, 0.4) is 0 Å². The molecule has 0 radical (unpaired) electrons. The minimum Gasteiger partial charge on any atom is -0.390 e. The second kappa shape index (κ2) is 7.71. The number of alkyl halides is 2. The van der Waals surface area contributed by atoms with Crippen LogP contribution in [-0.4, -0.2) is 66.7 Å². The van der Waals surface area contributed by atoms with Crippen molar-refractivity contribution >= 4 is 22.6 Å². The van der Waals surface area contributed by atoms with Crippen molar-refractivity contribution in [1.82, 2.24) is 25.0 Å². The number of amides is 1. The molecule has 3 aromatic rings. The number of rotatable bonds is 4. The number of likely N-dealkylation sites (tertiary alicyclic amines) is 1. The van der Waals surface area contributed by atoms with E-state index in [9.17, 15) is 18.7 Å². The van der Waals surface area contributed by atoms with Gasteiger partial charge < -0.3 is 24.8 Å². The third-order valence-corrected chi connectivity index (χ3v) is 8.77. The molecular formula is C25H28F2N6O3. The third kappa shape index (κ3) is 3.58. The molecule has 1 aliphatic heterocycles. The lowest BCUT2D eigenvalue weighted by atomic mass is 9.52. The average molecular weight is 499 g/mol. The largest absolute Gasteiger partial charge is 0.390 e. The summed E-state index contributed by atoms with van der Waals surface area (Å²) in [5, 5.41) is 19.5. The second-order valence-electron chi connectivity index (χ2n) is 11.2. The normalized spacial score (nSPS) is 32.8. The quantitative estimate of drug-likeness (QED) is 0.500. The van der Waals surface area contributed by atoms with Gasteiger partial charge in [0, 0.05) is 49.8 Å². The Hall–Kier alpha value is -3.08. The van der Waals surface area contributed by atoms with Crippen molar-refractivity contribution in [1.29, 1.82) is 0 Å². The van der Waals surface area contributed by atoms with Crippen LogP contribution in [0.15, 0.2) is 23.0 Å². The Morgan fingerprint density at radius 2 is 1.94 bits per heavy atom. The first kappa shape index (κ1) is 22.1. The molecule has 3 aromatic heterocycles. The molecule has 5 atom stereocenters. The molecule has 4 bridgehead atoms. The van der Waals surface area contributed by atoms with Gasteiger partial charge in [-0.1, -0.05) is 5.16 Å². The molecule has 5 aliphatic rings. The Morgan fingerprint density at radius 3 is 2.67 bits per heavy atom. The predicted octanol–water partition coefficient (Wildman–Crippen LogP) is 3.84. The van der Waals surface area contributed by atoms with Crippen molar-refractivity contribution in [2.24, 2.45) is 17.8 Å². The Bertz CT molecular complexity index is 1310. The van der Waals surface area contributed by atoms with Gasteiger partial charge in [-0.15, -0.1) is 0 Å². The van der Waals surface area contributed by atoms with E-state index in [1.807, 2.05) is 12.3 Å². The number of hydrogen-bond donors (Lipinski definition) is 3. The molecule has 3 unspecified atom stereocenters. The second-order valence-corrected chi connectivity index (χ2v) is 11.2. The Kier molecular flexibility index (Phi) is 4.74. The smallest absolute Gasteiger partial charge is 0.295 e. The van der Waals surface area contributed by atoms with Gasteiger partial charge in [0.05, 0.1) is 16.9 Å². The zero-order chi connectivity index (χ0) is 24.7. The number of hydrogen-bond acceptors (Lipinski definition) is 7. The fourth-order valence-corrected chi connectivity index (χ4v) is 7.31. The number of carbonyl (C=O) groups excluding carboxylic acids is 1. The molecule has 0 spiro atoms. The number of aromatic nitrogens is 4. The van der Waals surface area contributed by atoms with Gasteiger partial charge in [-0.2, -0.15) is 4.98 Å². The fraction of sp³-hybridized carbons (Fsp3) is 0.600. The summed E-state index contributed by atoms with van der Waals surface area (Å²) in [5.74, 6) is -1.89. The molecule has 4 saturated carbocycles. The van der Waals surface area contributed by atoms with Gasteiger partial charge in [0.1, 0.15) is 5.65 Å². The summed E-state index contributed by atoms with van der Waals surface area (Å²) in [5.41, 5.74) is 1.59. The van der Waals surface area contributed by atoms with Gasteiger partial charge in [-0.05, 0) is 55.9 Å². The lowest BCUT2D eigenvalue weighted by molar-refractivity contribution is -0.129. The Morgan fingerprint density at radius 1 is 1.19 bits per heavy atom. The highest BCUT2D eigenvalue weighted by atomic mass is 19.3. The van der Waals surface area contributed by atoms with E-state index in [1.165, 1.54) is 4.90 Å². The van der Waals surface area contributed by atoms with Crippen LogP contribution in [0.1, 0.15) is 55.6 Å². The van der Waals surface area contributed by atoms with Crippen molar-refractivity contribution in [2.75, 3.05) is 18.4 Å². The molecular weight excluding hydrogens is 470 g/mol. The van der Waals surface area contributed by atoms with Crippen molar-refractivity contribution < 1.29 is 23.2 Å². The summed E-state index contributed by atoms with van der Waals surface area (Å²) in [6, 6.07) is 2.15. The minimum atomic E-state index is -2.75. The van der Waals surface area contributed by atoms with Crippen molar-refractivity contribution in [3.63, 3.8) is 0 Å². The Balaban J connectivity index is 1.19. The van der Waals surface area contributed by atoms with Crippen LogP contribution in [0.2, 0.25) is 0 Å². The molecule has 36 heavy (non-hydrogen) atoms. The van der Waals surface area contributed by atoms with Crippen molar-refractivity contribution in [2.45, 2.75) is 62.5 Å². The molecule has 4 heterocycles. The summed E-state index contributed by atoms with van der Waals surface area (Å²) in [4.78, 5) is 26.2. The van der Waals surface area contributed by atoms with Crippen LogP contribution >= 0.6 is 0 Å². The van der Waals surface area contributed by atoms with Crippen molar-refractivity contribution in [3.05, 3.63) is 24.3 Å². The summed E-state index contributed by atoms with van der Waals surface area (Å²) in [6.07, 6.45) is 7.49. The maximum absolute atomic E-state index is 13.5. The van der Waals surface area contributed by atoms with Gasteiger partial charge in [-0.3, -0.25) is 4.79 Å². The van der Waals surface area contributed by atoms with Gasteiger partial charge >= 0.3 is 0 Å². The van der Waals surface area contributed by atoms with Crippen LogP contribution in [0.25, 0.3) is 22.5 Å². The van der Waals surface area contributed by atoms with E-state index in [0.717, 1.165) is 43.2 Å². The molecule has 4 aliphatic carbocycles. The Labute approximate surface area is 205 Å². The highest BCUT2D eigenvalue weighted by molar-refractivity contribution is 5.97. The first-order chi connectivity index (χ1) is 17.3. The van der Waals surface area contributed by atoms with E-state index in [-0.39, 0.29) is 43.7 Å². The minimum absolute atomic E-state index is 0.0445. The lowest BCUT2D eigenvalue weighted by Crippen LogP contribution is -2.59. The molecule has 5 fully saturated rings. The standard InChI is InChI=1S/C25H28F2N6O3/c26-25(27)2-5-33(6-3-25)23(34)21-31-22(36-32-21)17-12-29-20-16(1-4-28-20)19(17)30-18-14-7-13-8-15(18)11-24(35,9-13)10-14/h1,4,12-15,18,35H,2-3,5-11H2,(H2,28,29,30)/t13?,14-,15+,18?,24?. The summed E-state index contributed by atoms with van der Waals surface area (Å²) >= 11 is 0. The maximum Gasteiger partial charge on any atom is 0.295 e. The zero-order valence-electron chi connectivity index (χ0n) is 19.7. The number of piperidine rings is 1. The summed E-state index contributed by atoms with van der Waals surface area (Å²) in [7, 11) is 0. The molecule has 190 valence electrons. The number of aromatic amines is 1. The first-order valence-electron chi connectivity index (χ1n) is 12.7. The molecule has 1 saturated heterocycles. The number of H-pyrrole nitrogens is 1. The van der Waals surface area contributed by atoms with E-state index < -0.39 is 17.4 Å². The molecule has 3 N–H and O–H groups in total. The van der Waals surface area contributed by atoms with Crippen LogP contribution < -0.4 is 5.32 Å². The fourth-order valence-electron chi connectivity index (χ4n) is 7.31. The van der Waals surface area contributed by atoms with Gasteiger partial charge in [0.15, 0.2) is 0 Å². The summed E-state index contributed by atoms with van der Waals surface area (Å²) in [6.45, 7) is -0.0889. The third-order valence-electron chi connectivity index (χ3n) is 8.77.